The van der Waals surface area contributed by atoms with E-state index in [2.05, 4.69) is 21.4 Å². The number of nitrogens with two attached hydrogens (primary N) is 1. The maximum atomic E-state index is 13.7. The van der Waals surface area contributed by atoms with Crippen LogP contribution in [0.5, 0.6) is 0 Å². The first kappa shape index (κ1) is 12.3. The van der Waals surface area contributed by atoms with Crippen LogP contribution < -0.4 is 11.3 Å². The molecule has 1 heterocycles. The van der Waals surface area contributed by atoms with E-state index >= 15 is 0 Å². The minimum atomic E-state index is -0.499. The molecule has 0 aliphatic rings. The monoisotopic (exact) mass is 298 g/mol. The van der Waals surface area contributed by atoms with E-state index in [1.54, 1.807) is 18.2 Å². The molecule has 90 valence electrons. The van der Waals surface area contributed by atoms with Crippen molar-refractivity contribution < 1.29 is 8.81 Å². The van der Waals surface area contributed by atoms with Gasteiger partial charge in [0.25, 0.3) is 0 Å². The van der Waals surface area contributed by atoms with Gasteiger partial charge in [0, 0.05) is 10.0 Å². The highest BCUT2D eigenvalue weighted by Gasteiger charge is 2.19. The van der Waals surface area contributed by atoms with Crippen LogP contribution in [0.2, 0.25) is 0 Å². The van der Waals surface area contributed by atoms with Gasteiger partial charge in [-0.1, -0.05) is 15.9 Å². The lowest BCUT2D eigenvalue weighted by Gasteiger charge is -2.15. The number of hydrazine groups is 1. The van der Waals surface area contributed by atoms with E-state index in [0.717, 1.165) is 10.2 Å². The molecule has 1 aromatic carbocycles. The second-order valence-corrected chi connectivity index (χ2v) is 4.63. The highest BCUT2D eigenvalue weighted by atomic mass is 79.9. The zero-order valence-electron chi connectivity index (χ0n) is 9.21. The number of aryl methyl sites for hydroxylation is 1. The molecule has 0 fully saturated rings. The Balaban J connectivity index is 2.45. The van der Waals surface area contributed by atoms with Gasteiger partial charge in [0.15, 0.2) is 0 Å². The van der Waals surface area contributed by atoms with Gasteiger partial charge < -0.3 is 4.42 Å². The summed E-state index contributed by atoms with van der Waals surface area (Å²) < 4.78 is 20.0. The number of nitrogens with one attached hydrogen (secondary N) is 1. The summed E-state index contributed by atoms with van der Waals surface area (Å²) in [4.78, 5) is 0. The fraction of sp³-hybridized carbons (Fsp3) is 0.167. The molecular formula is C12H12BrFN2O. The minimum Gasteiger partial charge on any atom is -0.464 e. The molecular weight excluding hydrogens is 287 g/mol. The zero-order valence-corrected chi connectivity index (χ0v) is 10.8. The Kier molecular flexibility index (Phi) is 3.61. The van der Waals surface area contributed by atoms with E-state index in [1.807, 2.05) is 13.0 Å². The molecule has 0 radical (unpaired) electrons. The third-order valence-electron chi connectivity index (χ3n) is 2.48. The average molecular weight is 299 g/mol. The van der Waals surface area contributed by atoms with Crippen molar-refractivity contribution in [2.24, 2.45) is 5.84 Å². The van der Waals surface area contributed by atoms with Crippen LogP contribution in [0, 0.1) is 12.7 Å². The smallest absolute Gasteiger partial charge is 0.128 e. The Morgan fingerprint density at radius 2 is 2.12 bits per heavy atom. The SMILES string of the molecule is Cc1ccc(C(NN)c2cc(Br)ccc2F)o1. The van der Waals surface area contributed by atoms with E-state index in [0.29, 0.717) is 11.3 Å². The van der Waals surface area contributed by atoms with Gasteiger partial charge in [0.1, 0.15) is 23.4 Å². The second kappa shape index (κ2) is 5.00. The van der Waals surface area contributed by atoms with E-state index in [1.165, 1.54) is 6.07 Å². The largest absolute Gasteiger partial charge is 0.464 e. The van der Waals surface area contributed by atoms with Crippen molar-refractivity contribution in [3.05, 3.63) is 57.7 Å². The maximum absolute atomic E-state index is 13.7. The standard InChI is InChI=1S/C12H12BrFN2O/c1-7-2-5-11(17-7)12(16-15)9-6-8(13)3-4-10(9)14/h2-6,12,16H,15H2,1H3. The van der Waals surface area contributed by atoms with Gasteiger partial charge in [-0.3, -0.25) is 5.84 Å². The van der Waals surface area contributed by atoms with Crippen molar-refractivity contribution in [1.29, 1.82) is 0 Å². The molecule has 0 saturated carbocycles. The third kappa shape index (κ3) is 2.57. The molecule has 1 aromatic heterocycles. The minimum absolute atomic E-state index is 0.329. The third-order valence-corrected chi connectivity index (χ3v) is 2.97. The van der Waals surface area contributed by atoms with Crippen molar-refractivity contribution in [2.75, 3.05) is 0 Å². The first-order valence-electron chi connectivity index (χ1n) is 5.09. The first-order chi connectivity index (χ1) is 8.11. The number of hydrogen-bond acceptors (Lipinski definition) is 3. The Morgan fingerprint density at radius 3 is 2.71 bits per heavy atom. The summed E-state index contributed by atoms with van der Waals surface area (Å²) >= 11 is 3.31. The fourth-order valence-corrected chi connectivity index (χ4v) is 2.05. The molecule has 3 nitrogen and oxygen atoms in total. The van der Waals surface area contributed by atoms with Crippen molar-refractivity contribution in [3.63, 3.8) is 0 Å². The van der Waals surface area contributed by atoms with E-state index in [4.69, 9.17) is 10.3 Å². The lowest BCUT2D eigenvalue weighted by Crippen LogP contribution is -2.29. The summed E-state index contributed by atoms with van der Waals surface area (Å²) in [6.07, 6.45) is 0. The quantitative estimate of drug-likeness (QED) is 0.676. The first-order valence-corrected chi connectivity index (χ1v) is 5.88. The summed E-state index contributed by atoms with van der Waals surface area (Å²) in [5.41, 5.74) is 3.00. The number of rotatable bonds is 3. The van der Waals surface area contributed by atoms with Crippen LogP contribution in [0.4, 0.5) is 4.39 Å². The lowest BCUT2D eigenvalue weighted by molar-refractivity contribution is 0.426. The van der Waals surface area contributed by atoms with E-state index in [-0.39, 0.29) is 5.82 Å². The Morgan fingerprint density at radius 1 is 1.35 bits per heavy atom. The number of hydrogen-bond donors (Lipinski definition) is 2. The summed E-state index contributed by atoms with van der Waals surface area (Å²) in [6, 6.07) is 7.80. The molecule has 1 unspecified atom stereocenters. The van der Waals surface area contributed by atoms with Gasteiger partial charge in [0.05, 0.1) is 0 Å². The molecule has 2 aromatic rings. The second-order valence-electron chi connectivity index (χ2n) is 3.71. The summed E-state index contributed by atoms with van der Waals surface area (Å²) in [6.45, 7) is 1.83. The number of benzene rings is 1. The van der Waals surface area contributed by atoms with Crippen molar-refractivity contribution in [2.45, 2.75) is 13.0 Å². The summed E-state index contributed by atoms with van der Waals surface area (Å²) in [5.74, 6) is 6.49. The molecule has 0 amide bonds. The Labute approximate surface area is 107 Å². The molecule has 3 N–H and O–H groups in total. The van der Waals surface area contributed by atoms with Crippen LogP contribution in [-0.2, 0) is 0 Å². The fourth-order valence-electron chi connectivity index (χ4n) is 1.67. The number of furan rings is 1. The molecule has 0 saturated heterocycles. The van der Waals surface area contributed by atoms with Crippen LogP contribution in [0.3, 0.4) is 0 Å². The van der Waals surface area contributed by atoms with Gasteiger partial charge in [-0.25, -0.2) is 9.82 Å². The van der Waals surface area contributed by atoms with Crippen LogP contribution in [0.25, 0.3) is 0 Å². The molecule has 5 heteroatoms. The van der Waals surface area contributed by atoms with Crippen molar-refractivity contribution >= 4 is 15.9 Å². The summed E-state index contributed by atoms with van der Waals surface area (Å²) in [7, 11) is 0. The highest BCUT2D eigenvalue weighted by Crippen LogP contribution is 2.27. The molecule has 0 spiro atoms. The Hall–Kier alpha value is -1.17. The predicted octanol–water partition coefficient (Wildman–Crippen LogP) is 3.04. The van der Waals surface area contributed by atoms with Gasteiger partial charge in [-0.15, -0.1) is 0 Å². The van der Waals surface area contributed by atoms with Crippen molar-refractivity contribution in [3.8, 4) is 0 Å². The van der Waals surface area contributed by atoms with Gasteiger partial charge in [-0.2, -0.15) is 0 Å². The highest BCUT2D eigenvalue weighted by molar-refractivity contribution is 9.10. The molecule has 0 bridgehead atoms. The van der Waals surface area contributed by atoms with Gasteiger partial charge >= 0.3 is 0 Å². The van der Waals surface area contributed by atoms with Crippen LogP contribution >= 0.6 is 15.9 Å². The molecule has 2 rings (SSSR count). The van der Waals surface area contributed by atoms with Crippen LogP contribution in [0.1, 0.15) is 23.1 Å². The lowest BCUT2D eigenvalue weighted by atomic mass is 10.0. The van der Waals surface area contributed by atoms with Gasteiger partial charge in [-0.05, 0) is 37.3 Å². The maximum Gasteiger partial charge on any atom is 0.128 e. The van der Waals surface area contributed by atoms with Crippen LogP contribution in [0.15, 0.2) is 39.2 Å². The van der Waals surface area contributed by atoms with E-state index in [9.17, 15) is 4.39 Å². The van der Waals surface area contributed by atoms with Gasteiger partial charge in [0.2, 0.25) is 0 Å². The molecule has 1 atom stereocenters. The normalized spacial score (nSPS) is 12.7. The zero-order chi connectivity index (χ0) is 12.4. The predicted molar refractivity (Wildman–Crippen MR) is 66.7 cm³/mol. The molecule has 0 aliphatic heterocycles. The topological polar surface area (TPSA) is 51.2 Å². The Bertz CT molecular complexity index is 527. The average Bonchev–Trinajstić information content (AvgIpc) is 2.71. The summed E-state index contributed by atoms with van der Waals surface area (Å²) in [5, 5.41) is 0. The molecule has 17 heavy (non-hydrogen) atoms. The molecule has 0 aliphatic carbocycles. The van der Waals surface area contributed by atoms with Crippen molar-refractivity contribution in [1.82, 2.24) is 5.43 Å². The van der Waals surface area contributed by atoms with E-state index < -0.39 is 6.04 Å². The number of halogens is 2. The van der Waals surface area contributed by atoms with Crippen LogP contribution in [-0.4, -0.2) is 0 Å².